The first-order valence-electron chi connectivity index (χ1n) is 22.7. The number of amides is 2. The zero-order valence-electron chi connectivity index (χ0n) is 40.2. The van der Waals surface area contributed by atoms with E-state index in [2.05, 4.69) is 70.0 Å². The van der Waals surface area contributed by atoms with Gasteiger partial charge in [0, 0.05) is 24.7 Å². The van der Waals surface area contributed by atoms with E-state index in [0.717, 1.165) is 5.69 Å². The summed E-state index contributed by atoms with van der Waals surface area (Å²) in [5.41, 5.74) is 8.26. The molecule has 3 heterocycles. The summed E-state index contributed by atoms with van der Waals surface area (Å²) in [7, 11) is 1.82. The molecule has 7 atom stereocenters. The number of hydrogen-bond acceptors (Lipinski definition) is 18. The Balaban J connectivity index is 1.48. The summed E-state index contributed by atoms with van der Waals surface area (Å²) in [5.74, 6) is -2.54. The quantitative estimate of drug-likeness (QED) is 0.0424. The highest BCUT2D eigenvalue weighted by molar-refractivity contribution is 5.97. The monoisotopic (exact) mass is 970 g/mol. The molecule has 0 spiro atoms. The van der Waals surface area contributed by atoms with E-state index in [1.165, 1.54) is 18.3 Å². The molecule has 1 aliphatic rings. The summed E-state index contributed by atoms with van der Waals surface area (Å²) in [6.45, 7) is 27.1. The first-order chi connectivity index (χ1) is 33.8. The Bertz CT molecular complexity index is 2260. The maximum atomic E-state index is 14.1. The van der Waals surface area contributed by atoms with Crippen molar-refractivity contribution in [2.24, 2.45) is 5.92 Å². The number of carbonyl (C=O) groups excluding carboxylic acids is 4. The fourth-order valence-corrected chi connectivity index (χ4v) is 7.02. The van der Waals surface area contributed by atoms with Crippen LogP contribution in [0.5, 0.6) is 0 Å². The van der Waals surface area contributed by atoms with Crippen molar-refractivity contribution >= 4 is 52.4 Å². The lowest BCUT2D eigenvalue weighted by Crippen LogP contribution is -2.62. The second kappa shape index (κ2) is 29.4. The van der Waals surface area contributed by atoms with E-state index in [0.29, 0.717) is 5.69 Å². The number of hydrogen-bond donors (Lipinski definition) is 3. The van der Waals surface area contributed by atoms with Crippen molar-refractivity contribution in [2.45, 2.75) is 82.5 Å². The molecule has 3 aromatic rings. The molecular weight excluding hydrogens is 905 g/mol. The molecule has 378 valence electrons. The third-order valence-electron chi connectivity index (χ3n) is 10.2. The average molecular weight is 971 g/mol. The highest BCUT2D eigenvalue weighted by Crippen LogP contribution is 2.31. The first-order valence-corrected chi connectivity index (χ1v) is 22.7. The predicted molar refractivity (Wildman–Crippen MR) is 263 cm³/mol. The van der Waals surface area contributed by atoms with Gasteiger partial charge in [-0.25, -0.2) is 14.8 Å². The number of anilines is 3. The van der Waals surface area contributed by atoms with E-state index in [1.807, 2.05) is 25.8 Å². The van der Waals surface area contributed by atoms with Gasteiger partial charge < -0.3 is 53.8 Å². The molecule has 2 amide bonds. The fourth-order valence-electron chi connectivity index (χ4n) is 7.02. The average Bonchev–Trinajstić information content (AvgIpc) is 3.34. The van der Waals surface area contributed by atoms with Crippen molar-refractivity contribution in [3.63, 3.8) is 0 Å². The molecule has 1 fully saturated rings. The standard InChI is InChI=1S/C50H66N8O12/c1-10-22-63-31-38-41(65-24-12-3)42(66-25-13-4)43(67-26-14-5)49(70-38)69-37(28-32(7)8)47(61)57-50-55-44(51)40-45(56-50)52-29-34(53-40)30-58(9)35-18-16-33(17-19-35)46(60)54-36(48(62)68-27-15-6)20-21-39(59)64-23-11-2/h10-19,29,32,36-38,41-43,49H,1-6,20-28,30-31H2,7-9H3,(H,54,60)(H3,51,52,55,56,57,61)/t36-,37-,38+,41+,42-,43+,49+/m0/s1. The van der Waals surface area contributed by atoms with Crippen LogP contribution in [0, 0.1) is 5.92 Å². The Morgan fingerprint density at radius 3 is 2.09 bits per heavy atom. The number of fused-ring (bicyclic) bond motifs is 1. The highest BCUT2D eigenvalue weighted by atomic mass is 16.7. The minimum absolute atomic E-state index is 0.00653. The lowest BCUT2D eigenvalue weighted by Gasteiger charge is -2.46. The van der Waals surface area contributed by atoms with Gasteiger partial charge in [0.2, 0.25) is 5.95 Å². The number of esters is 2. The molecule has 20 heteroatoms. The van der Waals surface area contributed by atoms with E-state index >= 15 is 0 Å². The summed E-state index contributed by atoms with van der Waals surface area (Å²) < 4.78 is 47.5. The number of aromatic nitrogens is 4. The number of nitrogens with two attached hydrogens (primary N) is 1. The Morgan fingerprint density at radius 1 is 0.814 bits per heavy atom. The van der Waals surface area contributed by atoms with Crippen LogP contribution >= 0.6 is 0 Å². The van der Waals surface area contributed by atoms with Crippen molar-refractivity contribution in [3.05, 3.63) is 118 Å². The molecule has 70 heavy (non-hydrogen) atoms. The maximum absolute atomic E-state index is 14.1. The molecule has 1 saturated heterocycles. The predicted octanol–water partition coefficient (Wildman–Crippen LogP) is 4.99. The summed E-state index contributed by atoms with van der Waals surface area (Å²) in [6, 6.07) is 5.53. The number of benzene rings is 1. The Kier molecular flexibility index (Phi) is 23.5. The van der Waals surface area contributed by atoms with E-state index in [9.17, 15) is 19.2 Å². The summed E-state index contributed by atoms with van der Waals surface area (Å²) >= 11 is 0. The Hall–Kier alpha value is -6.68. The Morgan fingerprint density at radius 2 is 1.44 bits per heavy atom. The molecule has 2 aromatic heterocycles. The van der Waals surface area contributed by atoms with Crippen LogP contribution in [0.2, 0.25) is 0 Å². The summed E-state index contributed by atoms with van der Waals surface area (Å²) in [4.78, 5) is 71.9. The van der Waals surface area contributed by atoms with Gasteiger partial charge in [-0.1, -0.05) is 63.5 Å². The van der Waals surface area contributed by atoms with Crippen LogP contribution in [0.4, 0.5) is 17.5 Å². The van der Waals surface area contributed by atoms with Gasteiger partial charge >= 0.3 is 11.9 Å². The lowest BCUT2D eigenvalue weighted by molar-refractivity contribution is -0.326. The second-order valence-electron chi connectivity index (χ2n) is 16.2. The van der Waals surface area contributed by atoms with Crippen LogP contribution in [0.1, 0.15) is 49.2 Å². The van der Waals surface area contributed by atoms with Crippen LogP contribution in [-0.4, -0.2) is 140 Å². The molecule has 1 aliphatic heterocycles. The van der Waals surface area contributed by atoms with Crippen molar-refractivity contribution in [3.8, 4) is 0 Å². The smallest absolute Gasteiger partial charge is 0.328 e. The van der Waals surface area contributed by atoms with Gasteiger partial charge in [-0.3, -0.25) is 19.7 Å². The minimum Gasteiger partial charge on any atom is -0.461 e. The van der Waals surface area contributed by atoms with E-state index in [1.54, 1.807) is 48.6 Å². The van der Waals surface area contributed by atoms with Gasteiger partial charge in [0.25, 0.3) is 11.8 Å². The van der Waals surface area contributed by atoms with Gasteiger partial charge in [-0.15, -0.1) is 26.3 Å². The third kappa shape index (κ3) is 17.1. The van der Waals surface area contributed by atoms with Gasteiger partial charge in [0.1, 0.15) is 49.8 Å². The topological polar surface area (TPSA) is 247 Å². The molecule has 4 N–H and O–H groups in total. The van der Waals surface area contributed by atoms with Gasteiger partial charge in [0.15, 0.2) is 23.3 Å². The summed E-state index contributed by atoms with van der Waals surface area (Å²) in [6.07, 6.45) is 5.62. The van der Waals surface area contributed by atoms with Crippen LogP contribution in [0.25, 0.3) is 11.2 Å². The molecule has 0 bridgehead atoms. The molecular formula is C50H66N8O12. The molecule has 1 aromatic carbocycles. The first kappa shape index (κ1) is 55.9. The summed E-state index contributed by atoms with van der Waals surface area (Å²) in [5, 5.41) is 5.38. The van der Waals surface area contributed by atoms with E-state index in [-0.39, 0.29) is 106 Å². The molecule has 0 radical (unpaired) electrons. The number of ether oxygens (including phenoxy) is 8. The maximum Gasteiger partial charge on any atom is 0.328 e. The molecule has 0 unspecified atom stereocenters. The van der Waals surface area contributed by atoms with Crippen molar-refractivity contribution in [2.75, 3.05) is 69.2 Å². The minimum atomic E-state index is -1.14. The van der Waals surface area contributed by atoms with Crippen molar-refractivity contribution < 1.29 is 57.1 Å². The van der Waals surface area contributed by atoms with Crippen LogP contribution in [0.15, 0.2) is 106 Å². The van der Waals surface area contributed by atoms with Crippen molar-refractivity contribution in [1.29, 1.82) is 0 Å². The van der Waals surface area contributed by atoms with E-state index in [4.69, 9.17) is 43.6 Å². The highest BCUT2D eigenvalue weighted by Gasteiger charge is 2.50. The lowest BCUT2D eigenvalue weighted by atomic mass is 9.97. The fraction of sp³-hybridized carbons (Fsp3) is 0.440. The number of nitrogens with zero attached hydrogens (tertiary/aromatic N) is 5. The SMILES string of the molecule is C=CCOC[C@H]1O[C@@H](O[C@@H](CC(C)C)C(=O)Nc2nc(N)c3nc(CN(C)c4ccc(C(=O)N[C@@H](CCC(=O)OCC=C)C(=O)OCC=C)cc4)cnc3n2)[C@H](OCC=C)[C@@H](OCC=C)[C@@H]1OCC=C. The third-order valence-corrected chi connectivity index (χ3v) is 10.2. The number of nitrogens with one attached hydrogen (secondary N) is 2. The van der Waals surface area contributed by atoms with Gasteiger partial charge in [-0.05, 0) is 43.0 Å². The largest absolute Gasteiger partial charge is 0.461 e. The van der Waals surface area contributed by atoms with E-state index < -0.39 is 66.6 Å². The number of nitrogen functional groups attached to an aromatic ring is 1. The van der Waals surface area contributed by atoms with Crippen molar-refractivity contribution in [1.82, 2.24) is 25.3 Å². The van der Waals surface area contributed by atoms with Crippen LogP contribution in [-0.2, 0) is 58.8 Å². The van der Waals surface area contributed by atoms with Crippen LogP contribution < -0.4 is 21.3 Å². The molecule has 0 aliphatic carbocycles. The molecule has 20 nitrogen and oxygen atoms in total. The zero-order chi connectivity index (χ0) is 51.0. The Labute approximate surface area is 409 Å². The second-order valence-corrected chi connectivity index (χ2v) is 16.2. The van der Waals surface area contributed by atoms with Crippen LogP contribution in [0.3, 0.4) is 0 Å². The zero-order valence-corrected chi connectivity index (χ0v) is 40.2. The number of carbonyl (C=O) groups is 4. The van der Waals surface area contributed by atoms with Gasteiger partial charge in [0.05, 0.1) is 51.5 Å². The normalized spacial score (nSPS) is 18.4. The number of rotatable bonds is 32. The molecule has 4 rings (SSSR count). The van der Waals surface area contributed by atoms with Gasteiger partial charge in [-0.2, -0.15) is 9.97 Å². The molecule has 0 saturated carbocycles.